The first-order valence-electron chi connectivity index (χ1n) is 9.17. The van der Waals surface area contributed by atoms with Gasteiger partial charge in [0.1, 0.15) is 0 Å². The van der Waals surface area contributed by atoms with Crippen LogP contribution in [0.4, 0.5) is 0 Å². The Morgan fingerprint density at radius 2 is 1.35 bits per heavy atom. The van der Waals surface area contributed by atoms with E-state index in [-0.39, 0.29) is 12.5 Å². The summed E-state index contributed by atoms with van der Waals surface area (Å²) in [5, 5.41) is 2.76. The molecule has 4 heteroatoms. The van der Waals surface area contributed by atoms with Gasteiger partial charge in [-0.15, -0.1) is 0 Å². The zero-order chi connectivity index (χ0) is 17.3. The number of unbranched alkanes of at least 4 members (excludes halogenated alkanes) is 10. The monoisotopic (exact) mass is 325 g/mol. The lowest BCUT2D eigenvalue weighted by atomic mass is 10.1. The molecule has 0 aliphatic heterocycles. The van der Waals surface area contributed by atoms with Crippen molar-refractivity contribution in [3.63, 3.8) is 0 Å². The maximum absolute atomic E-state index is 11.4. The average molecular weight is 325 g/mol. The van der Waals surface area contributed by atoms with E-state index in [1.165, 1.54) is 57.8 Å². The molecule has 0 saturated heterocycles. The lowest BCUT2D eigenvalue weighted by molar-refractivity contribution is -0.144. The number of carbonyl (C=O) groups excluding carboxylic acids is 2. The van der Waals surface area contributed by atoms with Crippen molar-refractivity contribution in [3.8, 4) is 0 Å². The van der Waals surface area contributed by atoms with Gasteiger partial charge in [0.15, 0.2) is 6.61 Å². The summed E-state index contributed by atoms with van der Waals surface area (Å²) < 4.78 is 4.77. The second-order valence-corrected chi connectivity index (χ2v) is 6.24. The highest BCUT2D eigenvalue weighted by molar-refractivity contribution is 5.89. The molecule has 0 aromatic rings. The molecule has 4 nitrogen and oxygen atoms in total. The van der Waals surface area contributed by atoms with Gasteiger partial charge in [-0.1, -0.05) is 77.7 Å². The van der Waals surface area contributed by atoms with Crippen molar-refractivity contribution in [2.75, 3.05) is 13.2 Å². The first-order chi connectivity index (χ1) is 11.1. The van der Waals surface area contributed by atoms with Crippen molar-refractivity contribution < 1.29 is 14.3 Å². The van der Waals surface area contributed by atoms with E-state index in [0.29, 0.717) is 12.1 Å². The highest BCUT2D eigenvalue weighted by atomic mass is 16.5. The third kappa shape index (κ3) is 15.4. The normalized spacial score (nSPS) is 10.3. The number of nitrogens with one attached hydrogen (secondary N) is 1. The van der Waals surface area contributed by atoms with Crippen molar-refractivity contribution in [2.24, 2.45) is 0 Å². The van der Waals surface area contributed by atoms with Crippen LogP contribution in [0.2, 0.25) is 0 Å². The molecule has 0 aromatic carbocycles. The predicted molar refractivity (Wildman–Crippen MR) is 95.2 cm³/mol. The molecule has 23 heavy (non-hydrogen) atoms. The molecule has 0 fully saturated rings. The van der Waals surface area contributed by atoms with Gasteiger partial charge < -0.3 is 10.1 Å². The van der Waals surface area contributed by atoms with Crippen LogP contribution < -0.4 is 5.32 Å². The van der Waals surface area contributed by atoms with E-state index in [4.69, 9.17) is 4.74 Å². The molecule has 0 spiro atoms. The summed E-state index contributed by atoms with van der Waals surface area (Å²) in [6, 6.07) is 0. The molecule has 0 bridgehead atoms. The Morgan fingerprint density at radius 1 is 0.870 bits per heavy atom. The van der Waals surface area contributed by atoms with Gasteiger partial charge in [0.2, 0.25) is 0 Å². The maximum Gasteiger partial charge on any atom is 0.333 e. The van der Waals surface area contributed by atoms with Crippen LogP contribution in [0.25, 0.3) is 0 Å². The molecule has 0 radical (unpaired) electrons. The number of carbonyl (C=O) groups is 2. The molecular weight excluding hydrogens is 290 g/mol. The molecule has 0 rings (SSSR count). The Labute approximate surface area is 142 Å². The quantitative estimate of drug-likeness (QED) is 0.273. The van der Waals surface area contributed by atoms with Crippen LogP contribution in [0, 0.1) is 0 Å². The topological polar surface area (TPSA) is 55.4 Å². The first-order valence-corrected chi connectivity index (χ1v) is 9.17. The molecule has 0 aliphatic carbocycles. The molecule has 0 atom stereocenters. The number of amides is 1. The number of esters is 1. The molecule has 0 saturated carbocycles. The Balaban J connectivity index is 3.25. The fourth-order valence-electron chi connectivity index (χ4n) is 2.32. The third-order valence-corrected chi connectivity index (χ3v) is 3.79. The van der Waals surface area contributed by atoms with E-state index in [1.54, 1.807) is 6.92 Å². The van der Waals surface area contributed by atoms with Crippen LogP contribution in [0.15, 0.2) is 12.2 Å². The van der Waals surface area contributed by atoms with E-state index < -0.39 is 5.97 Å². The Kier molecular flexibility index (Phi) is 14.7. The van der Waals surface area contributed by atoms with Crippen molar-refractivity contribution in [2.45, 2.75) is 84.5 Å². The summed E-state index contributed by atoms with van der Waals surface area (Å²) in [5.74, 6) is -0.762. The number of rotatable bonds is 15. The second-order valence-electron chi connectivity index (χ2n) is 6.24. The second kappa shape index (κ2) is 15.6. The van der Waals surface area contributed by atoms with E-state index >= 15 is 0 Å². The fourth-order valence-corrected chi connectivity index (χ4v) is 2.32. The molecule has 1 N–H and O–H groups in total. The largest absolute Gasteiger partial charge is 0.452 e. The van der Waals surface area contributed by atoms with Crippen LogP contribution in [0.1, 0.15) is 84.5 Å². The van der Waals surface area contributed by atoms with Gasteiger partial charge in [0.05, 0.1) is 0 Å². The van der Waals surface area contributed by atoms with Gasteiger partial charge in [-0.25, -0.2) is 4.79 Å². The molecular formula is C19H35NO3. The maximum atomic E-state index is 11.4. The SMILES string of the molecule is C=C(C)C(=O)OCC(=O)NCCCCCCCCCCCCC. The highest BCUT2D eigenvalue weighted by Gasteiger charge is 2.06. The van der Waals surface area contributed by atoms with Gasteiger partial charge in [-0.3, -0.25) is 4.79 Å². The van der Waals surface area contributed by atoms with E-state index in [2.05, 4.69) is 18.8 Å². The van der Waals surface area contributed by atoms with Crippen LogP contribution in [-0.4, -0.2) is 25.0 Å². The van der Waals surface area contributed by atoms with Gasteiger partial charge in [-0.2, -0.15) is 0 Å². The van der Waals surface area contributed by atoms with E-state index in [9.17, 15) is 9.59 Å². The molecule has 0 heterocycles. The standard InChI is InChI=1S/C19H35NO3/c1-4-5-6-7-8-9-10-11-12-13-14-15-20-18(21)16-23-19(22)17(2)3/h2,4-16H2,1,3H3,(H,20,21). The Hall–Kier alpha value is -1.32. The summed E-state index contributed by atoms with van der Waals surface area (Å²) in [7, 11) is 0. The first kappa shape index (κ1) is 21.7. The van der Waals surface area contributed by atoms with Crippen molar-refractivity contribution in [1.82, 2.24) is 5.32 Å². The zero-order valence-corrected chi connectivity index (χ0v) is 15.1. The molecule has 0 aromatic heterocycles. The average Bonchev–Trinajstić information content (AvgIpc) is 2.53. The fraction of sp³-hybridized carbons (Fsp3) is 0.789. The van der Waals surface area contributed by atoms with Crippen LogP contribution in [0.5, 0.6) is 0 Å². The summed E-state index contributed by atoms with van der Waals surface area (Å²) in [5.41, 5.74) is 0.308. The predicted octanol–water partition coefficient (Wildman–Crippen LogP) is 4.53. The van der Waals surface area contributed by atoms with Crippen molar-refractivity contribution >= 4 is 11.9 Å². The van der Waals surface area contributed by atoms with Gasteiger partial charge in [0.25, 0.3) is 5.91 Å². The van der Waals surface area contributed by atoms with Crippen molar-refractivity contribution in [1.29, 1.82) is 0 Å². The highest BCUT2D eigenvalue weighted by Crippen LogP contribution is 2.10. The van der Waals surface area contributed by atoms with Crippen LogP contribution in [0.3, 0.4) is 0 Å². The van der Waals surface area contributed by atoms with Gasteiger partial charge in [0, 0.05) is 12.1 Å². The summed E-state index contributed by atoms with van der Waals surface area (Å²) >= 11 is 0. The third-order valence-electron chi connectivity index (χ3n) is 3.79. The Morgan fingerprint density at radius 3 is 1.83 bits per heavy atom. The lowest BCUT2D eigenvalue weighted by Crippen LogP contribution is -2.29. The number of ether oxygens (including phenoxy) is 1. The molecule has 134 valence electrons. The minimum absolute atomic E-state index is 0.219. The molecule has 0 unspecified atom stereocenters. The van der Waals surface area contributed by atoms with Crippen LogP contribution in [-0.2, 0) is 14.3 Å². The van der Waals surface area contributed by atoms with E-state index in [1.807, 2.05) is 0 Å². The zero-order valence-electron chi connectivity index (χ0n) is 15.1. The summed E-state index contributed by atoms with van der Waals surface area (Å²) in [6.45, 7) is 7.71. The van der Waals surface area contributed by atoms with Crippen LogP contribution >= 0.6 is 0 Å². The van der Waals surface area contributed by atoms with Gasteiger partial charge in [-0.05, 0) is 13.3 Å². The number of hydrogen-bond acceptors (Lipinski definition) is 3. The smallest absolute Gasteiger partial charge is 0.333 e. The minimum atomic E-state index is -0.519. The summed E-state index contributed by atoms with van der Waals surface area (Å²) in [6.07, 6.45) is 14.2. The van der Waals surface area contributed by atoms with Crippen molar-refractivity contribution in [3.05, 3.63) is 12.2 Å². The Bertz CT molecular complexity index is 340. The summed E-state index contributed by atoms with van der Waals surface area (Å²) in [4.78, 5) is 22.6. The molecule has 0 aliphatic rings. The minimum Gasteiger partial charge on any atom is -0.452 e. The molecule has 1 amide bonds. The van der Waals surface area contributed by atoms with Gasteiger partial charge >= 0.3 is 5.97 Å². The van der Waals surface area contributed by atoms with E-state index in [0.717, 1.165) is 12.8 Å². The lowest BCUT2D eigenvalue weighted by Gasteiger charge is -2.06. The number of hydrogen-bond donors (Lipinski definition) is 1.